The number of aldehydes is 1. The Morgan fingerprint density at radius 3 is 2.89 bits per heavy atom. The molecule has 1 saturated heterocycles. The van der Waals surface area contributed by atoms with Crippen molar-refractivity contribution in [1.29, 1.82) is 0 Å². The van der Waals surface area contributed by atoms with E-state index in [9.17, 15) is 4.79 Å². The number of allylic oxidation sites excluding steroid dienone is 1. The molecule has 0 aromatic heterocycles. The van der Waals surface area contributed by atoms with Crippen molar-refractivity contribution in [2.45, 2.75) is 25.3 Å². The number of carbonyl (C=O) groups excluding carboxylic acids is 1. The van der Waals surface area contributed by atoms with E-state index in [4.69, 9.17) is 0 Å². The molecule has 0 bridgehead atoms. The second-order valence-electron chi connectivity index (χ2n) is 5.47. The lowest BCUT2D eigenvalue weighted by Gasteiger charge is -2.35. The van der Waals surface area contributed by atoms with Gasteiger partial charge in [0.25, 0.3) is 0 Å². The third-order valence-electron chi connectivity index (χ3n) is 4.11. The number of aryl methyl sites for hydroxylation is 1. The monoisotopic (exact) mass is 320 g/mol. The topological polar surface area (TPSA) is 23.6 Å². The zero-order valence-electron chi connectivity index (χ0n) is 11.2. The van der Waals surface area contributed by atoms with Crippen molar-refractivity contribution >= 4 is 22.2 Å². The lowest BCUT2D eigenvalue weighted by atomic mass is 9.88. The van der Waals surface area contributed by atoms with Crippen LogP contribution < -0.4 is 0 Å². The Morgan fingerprint density at radius 2 is 2.21 bits per heavy atom. The summed E-state index contributed by atoms with van der Waals surface area (Å²) in [7, 11) is 2.05. The Hall–Kier alpha value is -1.29. The van der Waals surface area contributed by atoms with Gasteiger partial charge < -0.3 is 14.6 Å². The van der Waals surface area contributed by atoms with Crippen LogP contribution in [0.3, 0.4) is 0 Å². The quantitative estimate of drug-likeness (QED) is 0.783. The van der Waals surface area contributed by atoms with E-state index in [2.05, 4.69) is 57.1 Å². The molecular weight excluding hydrogens is 304 g/mol. The van der Waals surface area contributed by atoms with Crippen molar-refractivity contribution in [1.82, 2.24) is 9.80 Å². The Balaban J connectivity index is 2.10. The third kappa shape index (κ3) is 1.81. The number of hydrogen-bond acceptors (Lipinski definition) is 3. The molecule has 0 saturated carbocycles. The van der Waals surface area contributed by atoms with E-state index in [1.807, 2.05) is 7.05 Å². The summed E-state index contributed by atoms with van der Waals surface area (Å²) in [6.45, 7) is 2.85. The van der Waals surface area contributed by atoms with Crippen LogP contribution in [0.4, 0.5) is 0 Å². The average molecular weight is 321 g/mol. The smallest absolute Gasteiger partial charge is 0.150 e. The van der Waals surface area contributed by atoms with Crippen LogP contribution in [0.5, 0.6) is 0 Å². The van der Waals surface area contributed by atoms with Crippen LogP contribution in [-0.2, 0) is 10.3 Å². The predicted molar refractivity (Wildman–Crippen MR) is 78.4 cm³/mol. The maximum Gasteiger partial charge on any atom is 0.150 e. The lowest BCUT2D eigenvalue weighted by Crippen LogP contribution is -2.43. The van der Waals surface area contributed by atoms with Gasteiger partial charge in [0.1, 0.15) is 11.8 Å². The normalized spacial score (nSPS) is 25.5. The van der Waals surface area contributed by atoms with Gasteiger partial charge >= 0.3 is 0 Å². The summed E-state index contributed by atoms with van der Waals surface area (Å²) < 4.78 is 1.02. The number of rotatable bonds is 2. The van der Waals surface area contributed by atoms with Crippen LogP contribution >= 0.6 is 15.9 Å². The molecule has 2 aliphatic heterocycles. The molecule has 0 amide bonds. The molecule has 100 valence electrons. The van der Waals surface area contributed by atoms with Crippen molar-refractivity contribution in [3.63, 3.8) is 0 Å². The van der Waals surface area contributed by atoms with Crippen molar-refractivity contribution < 1.29 is 4.79 Å². The number of benzene rings is 1. The van der Waals surface area contributed by atoms with Crippen molar-refractivity contribution in [3.8, 4) is 0 Å². The second kappa shape index (κ2) is 4.37. The minimum Gasteiger partial charge on any atom is -0.361 e. The highest BCUT2D eigenvalue weighted by molar-refractivity contribution is 9.10. The first-order valence-corrected chi connectivity index (χ1v) is 7.28. The van der Waals surface area contributed by atoms with Crippen LogP contribution in [-0.4, -0.2) is 29.8 Å². The molecule has 1 unspecified atom stereocenters. The van der Waals surface area contributed by atoms with Gasteiger partial charge in [-0.05, 0) is 37.0 Å². The Bertz CT molecular complexity index is 569. The molecule has 1 atom stereocenters. The number of fused-ring (bicyclic) bond motifs is 1. The van der Waals surface area contributed by atoms with E-state index in [-0.39, 0.29) is 0 Å². The minimum absolute atomic E-state index is 0.511. The fourth-order valence-electron chi connectivity index (χ4n) is 3.15. The fourth-order valence-corrected chi connectivity index (χ4v) is 3.99. The molecule has 0 radical (unpaired) electrons. The summed E-state index contributed by atoms with van der Waals surface area (Å²) >= 11 is 3.63. The summed E-state index contributed by atoms with van der Waals surface area (Å²) in [4.78, 5) is 16.3. The second-order valence-corrected chi connectivity index (χ2v) is 6.33. The van der Waals surface area contributed by atoms with E-state index in [1.54, 1.807) is 0 Å². The van der Waals surface area contributed by atoms with Crippen LogP contribution in [0.25, 0.3) is 0 Å². The standard InChI is InChI=1S/C15H17BrN2O/c1-11-3-4-13(14(16)7-11)15(9-19)6-5-12-8-17(2)10-18(12)15/h3-4,7-9H,5-6,10H2,1-2H3. The molecule has 3 rings (SSSR count). The summed E-state index contributed by atoms with van der Waals surface area (Å²) in [5.74, 6) is 0. The first-order chi connectivity index (χ1) is 9.06. The van der Waals surface area contributed by atoms with Crippen molar-refractivity contribution in [2.75, 3.05) is 13.7 Å². The molecule has 4 heteroatoms. The zero-order valence-corrected chi connectivity index (χ0v) is 12.8. The van der Waals surface area contributed by atoms with E-state index < -0.39 is 5.54 Å². The Kier molecular flexibility index (Phi) is 2.93. The molecule has 2 aliphatic rings. The molecule has 0 aliphatic carbocycles. The van der Waals surface area contributed by atoms with Crippen LogP contribution in [0.15, 0.2) is 34.6 Å². The van der Waals surface area contributed by atoms with E-state index in [1.165, 1.54) is 11.3 Å². The summed E-state index contributed by atoms with van der Waals surface area (Å²) in [5.41, 5.74) is 3.03. The molecule has 0 N–H and O–H groups in total. The number of carbonyl (C=O) groups is 1. The SMILES string of the molecule is Cc1ccc(C2(C=O)CCC3=CN(C)CN32)c(Br)c1. The minimum atomic E-state index is -0.511. The lowest BCUT2D eigenvalue weighted by molar-refractivity contribution is -0.117. The number of nitrogens with zero attached hydrogens (tertiary/aromatic N) is 2. The number of halogens is 1. The highest BCUT2D eigenvalue weighted by Crippen LogP contribution is 2.47. The molecule has 1 aromatic carbocycles. The van der Waals surface area contributed by atoms with Gasteiger partial charge in [-0.3, -0.25) is 0 Å². The molecular formula is C15H17BrN2O. The van der Waals surface area contributed by atoms with Crippen LogP contribution in [0.1, 0.15) is 24.0 Å². The Morgan fingerprint density at radius 1 is 1.42 bits per heavy atom. The largest absolute Gasteiger partial charge is 0.361 e. The first-order valence-electron chi connectivity index (χ1n) is 6.48. The van der Waals surface area contributed by atoms with Crippen molar-refractivity contribution in [3.05, 3.63) is 45.7 Å². The van der Waals surface area contributed by atoms with Crippen LogP contribution in [0.2, 0.25) is 0 Å². The molecule has 2 heterocycles. The van der Waals surface area contributed by atoms with Gasteiger partial charge in [-0.15, -0.1) is 0 Å². The van der Waals surface area contributed by atoms with Gasteiger partial charge in [0.15, 0.2) is 0 Å². The summed E-state index contributed by atoms with van der Waals surface area (Å²) in [6, 6.07) is 6.24. The zero-order chi connectivity index (χ0) is 13.6. The van der Waals surface area contributed by atoms with Gasteiger partial charge in [-0.25, -0.2) is 0 Å². The highest BCUT2D eigenvalue weighted by Gasteiger charge is 2.47. The van der Waals surface area contributed by atoms with Crippen molar-refractivity contribution in [2.24, 2.45) is 0 Å². The maximum absolute atomic E-state index is 11.9. The van der Waals surface area contributed by atoms with Gasteiger partial charge in [0.05, 0.1) is 6.67 Å². The van der Waals surface area contributed by atoms with Gasteiger partial charge in [-0.2, -0.15) is 0 Å². The fraction of sp³-hybridized carbons (Fsp3) is 0.400. The molecule has 1 aromatic rings. The number of hydrogen-bond donors (Lipinski definition) is 0. The van der Waals surface area contributed by atoms with E-state index in [0.717, 1.165) is 35.8 Å². The molecule has 19 heavy (non-hydrogen) atoms. The van der Waals surface area contributed by atoms with Gasteiger partial charge in [0, 0.05) is 23.4 Å². The maximum atomic E-state index is 11.9. The molecule has 0 spiro atoms. The summed E-state index contributed by atoms with van der Waals surface area (Å²) in [6.07, 6.45) is 5.08. The van der Waals surface area contributed by atoms with E-state index >= 15 is 0 Å². The Labute approximate surface area is 122 Å². The van der Waals surface area contributed by atoms with Gasteiger partial charge in [0.2, 0.25) is 0 Å². The molecule has 3 nitrogen and oxygen atoms in total. The van der Waals surface area contributed by atoms with E-state index in [0.29, 0.717) is 0 Å². The highest BCUT2D eigenvalue weighted by atomic mass is 79.9. The average Bonchev–Trinajstić information content (AvgIpc) is 2.88. The van der Waals surface area contributed by atoms with Gasteiger partial charge in [-0.1, -0.05) is 28.1 Å². The molecule has 1 fully saturated rings. The van der Waals surface area contributed by atoms with Crippen LogP contribution in [0, 0.1) is 6.92 Å². The first kappa shape index (κ1) is 12.7. The predicted octanol–water partition coefficient (Wildman–Crippen LogP) is 2.99. The summed E-state index contributed by atoms with van der Waals surface area (Å²) in [5, 5.41) is 0. The third-order valence-corrected chi connectivity index (χ3v) is 4.77.